The summed E-state index contributed by atoms with van der Waals surface area (Å²) in [5.74, 6) is 1.64. The largest absolute Gasteiger partial charge is 0.490 e. The smallest absolute Gasteiger partial charge is 0.122 e. The van der Waals surface area contributed by atoms with Crippen molar-refractivity contribution in [3.63, 3.8) is 0 Å². The quantitative estimate of drug-likeness (QED) is 0.825. The summed E-state index contributed by atoms with van der Waals surface area (Å²) in [7, 11) is 0. The highest BCUT2D eigenvalue weighted by Crippen LogP contribution is 2.24. The zero-order valence-corrected chi connectivity index (χ0v) is 10.4. The van der Waals surface area contributed by atoms with Gasteiger partial charge < -0.3 is 10.1 Å². The minimum atomic E-state index is 0.364. The topological polar surface area (TPSA) is 21.3 Å². The molecular formula is C14H21NO. The minimum absolute atomic E-state index is 0.364. The monoisotopic (exact) mass is 219 g/mol. The lowest BCUT2D eigenvalue weighted by Gasteiger charge is -2.30. The summed E-state index contributed by atoms with van der Waals surface area (Å²) in [6.07, 6.45) is 1.47. The van der Waals surface area contributed by atoms with Gasteiger partial charge in [-0.25, -0.2) is 0 Å². The van der Waals surface area contributed by atoms with Crippen LogP contribution < -0.4 is 10.1 Å². The molecule has 0 bridgehead atoms. The molecule has 0 saturated carbocycles. The van der Waals surface area contributed by atoms with Crippen molar-refractivity contribution in [3.8, 4) is 5.75 Å². The van der Waals surface area contributed by atoms with Gasteiger partial charge in [0.2, 0.25) is 0 Å². The molecule has 1 aromatic carbocycles. The fraction of sp³-hybridized carbons (Fsp3) is 0.571. The van der Waals surface area contributed by atoms with Gasteiger partial charge in [0.25, 0.3) is 0 Å². The van der Waals surface area contributed by atoms with Gasteiger partial charge in [-0.05, 0) is 38.4 Å². The summed E-state index contributed by atoms with van der Waals surface area (Å²) in [6.45, 7) is 8.62. The molecule has 0 radical (unpaired) electrons. The van der Waals surface area contributed by atoms with Crippen molar-refractivity contribution in [2.45, 2.75) is 33.3 Å². The van der Waals surface area contributed by atoms with E-state index < -0.39 is 0 Å². The Morgan fingerprint density at radius 3 is 2.81 bits per heavy atom. The van der Waals surface area contributed by atoms with Gasteiger partial charge in [0.05, 0.1) is 0 Å². The molecule has 16 heavy (non-hydrogen) atoms. The van der Waals surface area contributed by atoms with Gasteiger partial charge in [0, 0.05) is 12.5 Å². The molecule has 0 aromatic heterocycles. The second kappa shape index (κ2) is 4.88. The number of hydrogen-bond acceptors (Lipinski definition) is 2. The standard InChI is InChI=1S/C14H21NO/c1-10-4-5-13(11(2)8-10)16-14-6-7-15-9-12(14)3/h4-5,8,12,14-15H,6-7,9H2,1-3H3. The molecule has 0 amide bonds. The van der Waals surface area contributed by atoms with E-state index in [-0.39, 0.29) is 0 Å². The lowest BCUT2D eigenvalue weighted by Crippen LogP contribution is -2.41. The highest BCUT2D eigenvalue weighted by molar-refractivity contribution is 5.35. The predicted octanol–water partition coefficient (Wildman–Crippen LogP) is 2.68. The Morgan fingerprint density at radius 2 is 2.12 bits per heavy atom. The molecule has 0 spiro atoms. The first kappa shape index (κ1) is 11.5. The van der Waals surface area contributed by atoms with Crippen LogP contribution in [0, 0.1) is 19.8 Å². The van der Waals surface area contributed by atoms with Gasteiger partial charge in [-0.1, -0.05) is 24.6 Å². The number of hydrogen-bond donors (Lipinski definition) is 1. The predicted molar refractivity (Wildman–Crippen MR) is 67.0 cm³/mol. The normalized spacial score (nSPS) is 25.4. The van der Waals surface area contributed by atoms with Crippen LogP contribution in [0.1, 0.15) is 24.5 Å². The van der Waals surface area contributed by atoms with Crippen molar-refractivity contribution in [2.75, 3.05) is 13.1 Å². The van der Waals surface area contributed by atoms with Crippen LogP contribution in [0.2, 0.25) is 0 Å². The molecule has 1 aliphatic heterocycles. The fourth-order valence-electron chi connectivity index (χ4n) is 2.26. The molecular weight excluding hydrogens is 198 g/mol. The van der Waals surface area contributed by atoms with Gasteiger partial charge >= 0.3 is 0 Å². The Labute approximate surface area is 98.0 Å². The number of nitrogens with one attached hydrogen (secondary N) is 1. The zero-order valence-electron chi connectivity index (χ0n) is 10.4. The summed E-state index contributed by atoms with van der Waals surface area (Å²) in [5, 5.41) is 3.39. The zero-order chi connectivity index (χ0) is 11.5. The number of ether oxygens (including phenoxy) is 1. The molecule has 1 N–H and O–H groups in total. The van der Waals surface area contributed by atoms with Gasteiger partial charge in [-0.3, -0.25) is 0 Å². The number of aryl methyl sites for hydroxylation is 2. The van der Waals surface area contributed by atoms with Crippen molar-refractivity contribution in [2.24, 2.45) is 5.92 Å². The third-order valence-electron chi connectivity index (χ3n) is 3.32. The van der Waals surface area contributed by atoms with Crippen molar-refractivity contribution in [3.05, 3.63) is 29.3 Å². The second-order valence-corrected chi connectivity index (χ2v) is 4.90. The summed E-state index contributed by atoms with van der Waals surface area (Å²) in [5.41, 5.74) is 2.54. The third kappa shape index (κ3) is 2.56. The second-order valence-electron chi connectivity index (χ2n) is 4.90. The lowest BCUT2D eigenvalue weighted by atomic mass is 9.98. The van der Waals surface area contributed by atoms with Crippen molar-refractivity contribution >= 4 is 0 Å². The first-order valence-electron chi connectivity index (χ1n) is 6.11. The molecule has 2 heteroatoms. The van der Waals surface area contributed by atoms with Gasteiger partial charge in [-0.2, -0.15) is 0 Å². The molecule has 1 aliphatic rings. The van der Waals surface area contributed by atoms with E-state index in [1.54, 1.807) is 0 Å². The molecule has 2 rings (SSSR count). The van der Waals surface area contributed by atoms with E-state index in [1.165, 1.54) is 11.1 Å². The minimum Gasteiger partial charge on any atom is -0.490 e. The highest BCUT2D eigenvalue weighted by atomic mass is 16.5. The number of benzene rings is 1. The molecule has 1 saturated heterocycles. The van der Waals surface area contributed by atoms with Gasteiger partial charge in [0.15, 0.2) is 0 Å². The van der Waals surface area contributed by atoms with Crippen molar-refractivity contribution in [1.29, 1.82) is 0 Å². The Bertz CT molecular complexity index is 362. The molecule has 88 valence electrons. The summed E-state index contributed by atoms with van der Waals surface area (Å²) in [6, 6.07) is 6.40. The first-order valence-corrected chi connectivity index (χ1v) is 6.11. The molecule has 1 fully saturated rings. The van der Waals surface area contributed by atoms with Crippen LogP contribution in [0.15, 0.2) is 18.2 Å². The lowest BCUT2D eigenvalue weighted by molar-refractivity contribution is 0.111. The first-order chi connectivity index (χ1) is 7.66. The summed E-state index contributed by atoms with van der Waals surface area (Å²) in [4.78, 5) is 0. The highest BCUT2D eigenvalue weighted by Gasteiger charge is 2.22. The van der Waals surface area contributed by atoms with E-state index in [9.17, 15) is 0 Å². The maximum atomic E-state index is 6.11. The molecule has 1 aromatic rings. The average molecular weight is 219 g/mol. The fourth-order valence-corrected chi connectivity index (χ4v) is 2.26. The van der Waals surface area contributed by atoms with Gasteiger partial charge in [0.1, 0.15) is 11.9 Å². The van der Waals surface area contributed by atoms with Gasteiger partial charge in [-0.15, -0.1) is 0 Å². The van der Waals surface area contributed by atoms with E-state index in [4.69, 9.17) is 4.74 Å². The van der Waals surface area contributed by atoms with Crippen LogP contribution in [0.3, 0.4) is 0 Å². The Kier molecular flexibility index (Phi) is 3.49. The molecule has 0 aliphatic carbocycles. The third-order valence-corrected chi connectivity index (χ3v) is 3.32. The van der Waals surface area contributed by atoms with E-state index in [0.717, 1.165) is 25.3 Å². The molecule has 2 nitrogen and oxygen atoms in total. The maximum Gasteiger partial charge on any atom is 0.122 e. The molecule has 2 unspecified atom stereocenters. The summed E-state index contributed by atoms with van der Waals surface area (Å²) < 4.78 is 6.11. The van der Waals surface area contributed by atoms with Crippen LogP contribution in [-0.2, 0) is 0 Å². The van der Waals surface area contributed by atoms with E-state index in [2.05, 4.69) is 44.3 Å². The SMILES string of the molecule is Cc1ccc(OC2CCNCC2C)c(C)c1. The number of rotatable bonds is 2. The van der Waals surface area contributed by atoms with Crippen LogP contribution in [0.5, 0.6) is 5.75 Å². The van der Waals surface area contributed by atoms with Crippen LogP contribution >= 0.6 is 0 Å². The van der Waals surface area contributed by atoms with Crippen LogP contribution in [0.25, 0.3) is 0 Å². The molecule has 2 atom stereocenters. The van der Waals surface area contributed by atoms with Crippen molar-refractivity contribution in [1.82, 2.24) is 5.32 Å². The average Bonchev–Trinajstić information content (AvgIpc) is 2.25. The summed E-state index contributed by atoms with van der Waals surface area (Å²) >= 11 is 0. The van der Waals surface area contributed by atoms with Crippen LogP contribution in [0.4, 0.5) is 0 Å². The maximum absolute atomic E-state index is 6.11. The Hall–Kier alpha value is -1.02. The molecule has 1 heterocycles. The van der Waals surface area contributed by atoms with E-state index in [1.807, 2.05) is 0 Å². The Balaban J connectivity index is 2.07. The van der Waals surface area contributed by atoms with Crippen LogP contribution in [-0.4, -0.2) is 19.2 Å². The van der Waals surface area contributed by atoms with E-state index >= 15 is 0 Å². The number of piperidine rings is 1. The van der Waals surface area contributed by atoms with E-state index in [0.29, 0.717) is 12.0 Å². The Morgan fingerprint density at radius 1 is 1.31 bits per heavy atom. The van der Waals surface area contributed by atoms with Crippen molar-refractivity contribution < 1.29 is 4.74 Å².